The molecule has 0 aliphatic carbocycles. The summed E-state index contributed by atoms with van der Waals surface area (Å²) in [6.07, 6.45) is 1.46. The number of rotatable bonds is 2. The van der Waals surface area contributed by atoms with E-state index in [4.69, 9.17) is 0 Å². The lowest BCUT2D eigenvalue weighted by molar-refractivity contribution is 1.08. The Balaban J connectivity index is 2.63. The topological polar surface area (TPSA) is 0 Å². The fourth-order valence-electron chi connectivity index (χ4n) is 0.577. The molecule has 0 atom stereocenters. The Hall–Kier alpha value is 0.651. The van der Waals surface area contributed by atoms with E-state index in [2.05, 4.69) is 6.92 Å². The van der Waals surface area contributed by atoms with Crippen LogP contribution in [0.3, 0.4) is 0 Å². The minimum Gasteiger partial charge on any atom is -0.0657 e. The molecule has 0 saturated carbocycles. The molecule has 0 unspecified atom stereocenters. The highest BCUT2D eigenvalue weighted by Crippen LogP contribution is 1.85. The predicted octanol–water partition coefficient (Wildman–Crippen LogP) is -1.65. The molecule has 0 heterocycles. The maximum atomic E-state index is 2.30. The molecule has 0 aromatic heterocycles. The van der Waals surface area contributed by atoms with Crippen molar-refractivity contribution in [1.29, 1.82) is 0 Å². The van der Waals surface area contributed by atoms with Gasteiger partial charge in [-0.25, -0.2) is 0 Å². The summed E-state index contributed by atoms with van der Waals surface area (Å²) < 4.78 is 0. The standard InChI is InChI=1S/C3H14Si3/c1-2-3-6(4)5/h6H,2-3H2,1,4-5H3. The third kappa shape index (κ3) is 4.65. The maximum absolute atomic E-state index is 2.30. The zero-order valence-electron chi connectivity index (χ0n) is 4.99. The molecule has 0 spiro atoms. The molecule has 0 aromatic carbocycles. The Kier molecular flexibility index (Phi) is 4.24. The normalized spacial score (nSPS) is 15.5. The van der Waals surface area contributed by atoms with E-state index in [0.717, 1.165) is 0 Å². The lowest BCUT2D eigenvalue weighted by Gasteiger charge is -1.93. The quantitative estimate of drug-likeness (QED) is 0.397. The Morgan fingerprint density at radius 1 is 1.50 bits per heavy atom. The molecule has 0 bridgehead atoms. The van der Waals surface area contributed by atoms with Crippen molar-refractivity contribution < 1.29 is 0 Å². The van der Waals surface area contributed by atoms with Crippen molar-refractivity contribution in [3.8, 4) is 0 Å². The summed E-state index contributed by atoms with van der Waals surface area (Å²) in [5.74, 6) is 0. The highest BCUT2D eigenvalue weighted by atomic mass is 29.5. The first-order valence-electron chi connectivity index (χ1n) is 2.77. The predicted molar refractivity (Wildman–Crippen MR) is 42.1 cm³/mol. The van der Waals surface area contributed by atoms with Gasteiger partial charge in [0.2, 0.25) is 0 Å². The molecule has 0 aromatic rings. The smallest absolute Gasteiger partial charge is 0.00528 e. The summed E-state index contributed by atoms with van der Waals surface area (Å²) in [5, 5.41) is 0. The second kappa shape index (κ2) is 3.83. The first-order chi connectivity index (χ1) is 2.77. The van der Waals surface area contributed by atoms with Gasteiger partial charge in [0.05, 0.1) is 0 Å². The van der Waals surface area contributed by atoms with Crippen LogP contribution in [0.4, 0.5) is 0 Å². The van der Waals surface area contributed by atoms with Crippen molar-refractivity contribution in [3.63, 3.8) is 0 Å². The van der Waals surface area contributed by atoms with Crippen molar-refractivity contribution in [3.05, 3.63) is 0 Å². The Labute approximate surface area is 47.4 Å². The van der Waals surface area contributed by atoms with E-state index >= 15 is 0 Å². The van der Waals surface area contributed by atoms with Crippen LogP contribution in [0.1, 0.15) is 13.3 Å². The second-order valence-electron chi connectivity index (χ2n) is 2.18. The van der Waals surface area contributed by atoms with Gasteiger partial charge in [-0.15, -0.1) is 0 Å². The molecular formula is C3H14Si3. The van der Waals surface area contributed by atoms with Crippen LogP contribution in [0, 0.1) is 0 Å². The van der Waals surface area contributed by atoms with Gasteiger partial charge in [-0.05, 0) is 19.5 Å². The molecule has 0 N–H and O–H groups in total. The molecule has 0 fully saturated rings. The lowest BCUT2D eigenvalue weighted by Crippen LogP contribution is -2.11. The molecule has 38 valence electrons. The summed E-state index contributed by atoms with van der Waals surface area (Å²) in [7, 11) is 3.27. The third-order valence-electron chi connectivity index (χ3n) is 0.866. The van der Waals surface area contributed by atoms with E-state index in [1.54, 1.807) is 25.6 Å². The zero-order valence-corrected chi connectivity index (χ0v) is 10.1. The molecule has 0 aliphatic rings. The molecule has 0 nitrogen and oxygen atoms in total. The van der Waals surface area contributed by atoms with Gasteiger partial charge in [0.25, 0.3) is 0 Å². The van der Waals surface area contributed by atoms with Gasteiger partial charge < -0.3 is 0 Å². The van der Waals surface area contributed by atoms with Crippen LogP contribution < -0.4 is 0 Å². The van der Waals surface area contributed by atoms with Gasteiger partial charge in [-0.3, -0.25) is 0 Å². The summed E-state index contributed by atoms with van der Waals surface area (Å²) >= 11 is 0. The van der Waals surface area contributed by atoms with Crippen LogP contribution in [0.5, 0.6) is 0 Å². The van der Waals surface area contributed by atoms with Crippen LogP contribution in [0.25, 0.3) is 0 Å². The molecule has 0 rings (SSSR count). The number of hydrogen-bond donors (Lipinski definition) is 0. The Morgan fingerprint density at radius 3 is 2.00 bits per heavy atom. The Bertz CT molecular complexity index is 27.2. The first kappa shape index (κ1) is 6.65. The second-order valence-corrected chi connectivity index (χ2v) is 24.3. The molecule has 0 aliphatic heterocycles. The van der Waals surface area contributed by atoms with Crippen LogP contribution in [-0.2, 0) is 0 Å². The van der Waals surface area contributed by atoms with Crippen LogP contribution in [-0.4, -0.2) is 27.4 Å². The molecular weight excluding hydrogens is 120 g/mol. The van der Waals surface area contributed by atoms with Crippen molar-refractivity contribution in [2.45, 2.75) is 19.4 Å². The van der Waals surface area contributed by atoms with Crippen molar-refractivity contribution >= 4 is 27.4 Å². The van der Waals surface area contributed by atoms with Gasteiger partial charge in [0.1, 0.15) is 0 Å². The first-order valence-corrected chi connectivity index (χ1v) is 12.8. The van der Waals surface area contributed by atoms with Crippen LogP contribution >= 0.6 is 0 Å². The highest BCUT2D eigenvalue weighted by Gasteiger charge is 1.88. The molecule has 0 radical (unpaired) electrons. The van der Waals surface area contributed by atoms with Gasteiger partial charge in [0.15, 0.2) is 0 Å². The third-order valence-corrected chi connectivity index (χ3v) is 6.06. The average Bonchev–Trinajstić information content (AvgIpc) is 1.35. The minimum atomic E-state index is 0.107. The van der Waals surface area contributed by atoms with E-state index in [1.165, 1.54) is 6.42 Å². The van der Waals surface area contributed by atoms with E-state index in [-0.39, 0.29) is 7.83 Å². The summed E-state index contributed by atoms with van der Waals surface area (Å²) in [6, 6.07) is 1.64. The van der Waals surface area contributed by atoms with Gasteiger partial charge in [-0.2, -0.15) is 0 Å². The fourth-order valence-corrected chi connectivity index (χ4v) is 5.20. The van der Waals surface area contributed by atoms with E-state index in [9.17, 15) is 0 Å². The van der Waals surface area contributed by atoms with Crippen molar-refractivity contribution in [2.75, 3.05) is 0 Å². The summed E-state index contributed by atoms with van der Waals surface area (Å²) in [5.41, 5.74) is 0. The van der Waals surface area contributed by atoms with Gasteiger partial charge in [0, 0.05) is 7.83 Å². The largest absolute Gasteiger partial charge is 0.0657 e. The fraction of sp³-hybridized carbons (Fsp3) is 1.00. The zero-order chi connectivity index (χ0) is 4.99. The average molecular weight is 134 g/mol. The monoisotopic (exact) mass is 134 g/mol. The Morgan fingerprint density at radius 2 is 2.00 bits per heavy atom. The van der Waals surface area contributed by atoms with E-state index < -0.39 is 0 Å². The van der Waals surface area contributed by atoms with Gasteiger partial charge >= 0.3 is 0 Å². The maximum Gasteiger partial charge on any atom is 0.00528 e. The SMILES string of the molecule is CCC[SiH]([SiH3])[SiH3]. The van der Waals surface area contributed by atoms with Gasteiger partial charge in [-0.1, -0.05) is 19.4 Å². The van der Waals surface area contributed by atoms with E-state index in [0.29, 0.717) is 0 Å². The van der Waals surface area contributed by atoms with Crippen molar-refractivity contribution in [1.82, 2.24) is 0 Å². The van der Waals surface area contributed by atoms with Crippen LogP contribution in [0.2, 0.25) is 6.04 Å². The number of hydrogen-bond acceptors (Lipinski definition) is 0. The lowest BCUT2D eigenvalue weighted by atomic mass is 10.6. The molecule has 0 amide bonds. The highest BCUT2D eigenvalue weighted by molar-refractivity contribution is 7.29. The summed E-state index contributed by atoms with van der Waals surface area (Å²) in [4.78, 5) is 0. The van der Waals surface area contributed by atoms with E-state index in [1.807, 2.05) is 0 Å². The van der Waals surface area contributed by atoms with Crippen LogP contribution in [0.15, 0.2) is 0 Å². The van der Waals surface area contributed by atoms with Crippen molar-refractivity contribution in [2.24, 2.45) is 0 Å². The molecule has 0 saturated heterocycles. The molecule has 3 heteroatoms. The minimum absolute atomic E-state index is 0.107. The molecule has 6 heavy (non-hydrogen) atoms. The summed E-state index contributed by atoms with van der Waals surface area (Å²) in [6.45, 7) is 2.30.